The van der Waals surface area contributed by atoms with Crippen LogP contribution in [0, 0.1) is 11.6 Å². The highest BCUT2D eigenvalue weighted by molar-refractivity contribution is 9.10. The number of nitrogens with two attached hydrogens (primary N) is 1. The molecule has 0 aliphatic heterocycles. The maximum atomic E-state index is 13.8. The van der Waals surface area contributed by atoms with Crippen LogP contribution in [0.5, 0.6) is 5.88 Å². The third-order valence-electron chi connectivity index (χ3n) is 5.36. The molecule has 1 aromatic heterocycles. The molecule has 0 spiro atoms. The van der Waals surface area contributed by atoms with E-state index in [1.165, 1.54) is 48.4 Å². The van der Waals surface area contributed by atoms with Gasteiger partial charge in [-0.2, -0.15) is 4.98 Å². The Kier molecular flexibility index (Phi) is 9.73. The Morgan fingerprint density at radius 3 is 2.54 bits per heavy atom. The van der Waals surface area contributed by atoms with E-state index in [-0.39, 0.29) is 39.0 Å². The number of methoxy groups -OCH3 is 1. The van der Waals surface area contributed by atoms with Gasteiger partial charge in [0.15, 0.2) is 5.82 Å². The van der Waals surface area contributed by atoms with Crippen molar-refractivity contribution in [3.05, 3.63) is 74.7 Å². The second-order valence-electron chi connectivity index (χ2n) is 9.50. The van der Waals surface area contributed by atoms with E-state index in [1.807, 2.05) is 0 Å². The number of benzene rings is 2. The molecule has 0 saturated carbocycles. The van der Waals surface area contributed by atoms with Gasteiger partial charge in [0.2, 0.25) is 5.88 Å². The summed E-state index contributed by atoms with van der Waals surface area (Å²) in [4.78, 5) is 32.1. The number of carbonyl (C=O) groups is 2. The number of ether oxygens (including phenoxy) is 2. The van der Waals surface area contributed by atoms with E-state index in [9.17, 15) is 18.4 Å². The summed E-state index contributed by atoms with van der Waals surface area (Å²) < 4.78 is 38.6. The van der Waals surface area contributed by atoms with E-state index in [0.29, 0.717) is 24.1 Å². The predicted octanol–water partition coefficient (Wildman–Crippen LogP) is 6.99. The van der Waals surface area contributed by atoms with Crippen LogP contribution in [0.1, 0.15) is 43.1 Å². The van der Waals surface area contributed by atoms with Crippen LogP contribution in [0.3, 0.4) is 0 Å². The molecular weight excluding hydrogens is 598 g/mol. The van der Waals surface area contributed by atoms with Crippen LogP contribution in [0.4, 0.5) is 30.8 Å². The molecule has 0 bridgehead atoms. The summed E-state index contributed by atoms with van der Waals surface area (Å²) in [6.45, 7) is 5.23. The number of halogens is 4. The lowest BCUT2D eigenvalue weighted by atomic mass is 10.1. The third kappa shape index (κ3) is 8.03. The third-order valence-corrected chi connectivity index (χ3v) is 6.31. The first-order valence-electron chi connectivity index (χ1n) is 11.8. The zero-order valence-corrected chi connectivity index (χ0v) is 24.1. The molecular formula is C27H28BrClF2N4O4. The largest absolute Gasteiger partial charge is 0.481 e. The van der Waals surface area contributed by atoms with Crippen LogP contribution >= 0.6 is 27.5 Å². The smallest absolute Gasteiger partial charge is 0.416 e. The number of rotatable bonds is 8. The summed E-state index contributed by atoms with van der Waals surface area (Å²) >= 11 is 9.05. The number of pyridine rings is 1. The molecule has 39 heavy (non-hydrogen) atoms. The normalized spacial score (nSPS) is 11.2. The number of nitrogens with zero attached hydrogens (tertiary/aromatic N) is 2. The molecule has 3 rings (SSSR count). The molecule has 0 atom stereocenters. The molecule has 2 amide bonds. The fourth-order valence-corrected chi connectivity index (χ4v) is 4.21. The minimum absolute atomic E-state index is 0.0495. The first kappa shape index (κ1) is 30.1. The molecule has 3 aromatic rings. The maximum absolute atomic E-state index is 13.8. The number of carbonyl (C=O) groups excluding carboxylic acids is 2. The summed E-state index contributed by atoms with van der Waals surface area (Å²) in [5, 5.41) is 2.47. The van der Waals surface area contributed by atoms with E-state index in [4.69, 9.17) is 26.8 Å². The van der Waals surface area contributed by atoms with E-state index < -0.39 is 29.2 Å². The Morgan fingerprint density at radius 1 is 1.15 bits per heavy atom. The highest BCUT2D eigenvalue weighted by atomic mass is 79.9. The van der Waals surface area contributed by atoms with Gasteiger partial charge >= 0.3 is 6.09 Å². The van der Waals surface area contributed by atoms with Crippen molar-refractivity contribution >= 4 is 56.7 Å². The van der Waals surface area contributed by atoms with Gasteiger partial charge in [-0.3, -0.25) is 9.69 Å². The van der Waals surface area contributed by atoms with Crippen LogP contribution in [0.15, 0.2) is 46.9 Å². The van der Waals surface area contributed by atoms with Crippen molar-refractivity contribution in [2.45, 2.75) is 39.2 Å². The number of aryl methyl sites for hydroxylation is 1. The number of anilines is 3. The molecule has 3 N–H and O–H groups in total. The molecule has 0 aliphatic rings. The Balaban J connectivity index is 1.97. The number of nitrogen functional groups attached to an aromatic ring is 1. The van der Waals surface area contributed by atoms with E-state index in [0.717, 1.165) is 6.07 Å². The summed E-state index contributed by atoms with van der Waals surface area (Å²) in [5.74, 6) is -1.52. The Bertz CT molecular complexity index is 1380. The zero-order valence-electron chi connectivity index (χ0n) is 21.8. The molecule has 208 valence electrons. The first-order chi connectivity index (χ1) is 18.3. The lowest BCUT2D eigenvalue weighted by molar-refractivity contribution is 0.0578. The minimum atomic E-state index is -0.833. The van der Waals surface area contributed by atoms with E-state index in [2.05, 4.69) is 26.2 Å². The number of hydrogen-bond donors (Lipinski definition) is 2. The van der Waals surface area contributed by atoms with Crippen LogP contribution in [-0.4, -0.2) is 36.2 Å². The molecule has 12 heteroatoms. The van der Waals surface area contributed by atoms with Crippen molar-refractivity contribution < 1.29 is 27.8 Å². The van der Waals surface area contributed by atoms with Crippen molar-refractivity contribution in [3.8, 4) is 5.88 Å². The Labute approximate surface area is 238 Å². The zero-order chi connectivity index (χ0) is 28.9. The molecule has 8 nitrogen and oxygen atoms in total. The van der Waals surface area contributed by atoms with Crippen molar-refractivity contribution in [1.29, 1.82) is 0 Å². The van der Waals surface area contributed by atoms with Crippen LogP contribution in [-0.2, 0) is 11.2 Å². The summed E-state index contributed by atoms with van der Waals surface area (Å²) in [6.07, 6.45) is -0.00889. The number of aromatic nitrogens is 1. The molecule has 0 unspecified atom stereocenters. The van der Waals surface area contributed by atoms with Crippen molar-refractivity contribution in [1.82, 2.24) is 4.98 Å². The molecule has 0 aliphatic carbocycles. The van der Waals surface area contributed by atoms with Gasteiger partial charge in [0, 0.05) is 22.8 Å². The average molecular weight is 626 g/mol. The van der Waals surface area contributed by atoms with Crippen LogP contribution < -0.4 is 20.7 Å². The van der Waals surface area contributed by atoms with Crippen molar-refractivity contribution in [2.75, 3.05) is 29.6 Å². The van der Waals surface area contributed by atoms with Gasteiger partial charge in [0.25, 0.3) is 5.91 Å². The van der Waals surface area contributed by atoms with Gasteiger partial charge < -0.3 is 20.5 Å². The Morgan fingerprint density at radius 2 is 1.87 bits per heavy atom. The number of amides is 2. The Hall–Kier alpha value is -3.44. The lowest BCUT2D eigenvalue weighted by Crippen LogP contribution is -2.38. The highest BCUT2D eigenvalue weighted by Gasteiger charge is 2.28. The van der Waals surface area contributed by atoms with Crippen LogP contribution in [0.25, 0.3) is 0 Å². The highest BCUT2D eigenvalue weighted by Crippen LogP contribution is 2.31. The molecule has 0 saturated heterocycles. The fraction of sp³-hybridized carbons (Fsp3) is 0.296. The molecule has 0 fully saturated rings. The summed E-state index contributed by atoms with van der Waals surface area (Å²) in [7, 11) is 1.41. The predicted molar refractivity (Wildman–Crippen MR) is 151 cm³/mol. The summed E-state index contributed by atoms with van der Waals surface area (Å²) in [6, 6.07) is 9.37. The van der Waals surface area contributed by atoms with Gasteiger partial charge in [0.05, 0.1) is 23.4 Å². The van der Waals surface area contributed by atoms with E-state index >= 15 is 0 Å². The number of nitrogens with one attached hydrogen (secondary N) is 1. The minimum Gasteiger partial charge on any atom is -0.481 e. The quantitative estimate of drug-likeness (QED) is 0.206. The maximum Gasteiger partial charge on any atom is 0.416 e. The fourth-order valence-electron chi connectivity index (χ4n) is 3.55. The van der Waals surface area contributed by atoms with Gasteiger partial charge in [-0.05, 0) is 91.5 Å². The van der Waals surface area contributed by atoms with Gasteiger partial charge in [-0.25, -0.2) is 13.6 Å². The first-order valence-corrected chi connectivity index (χ1v) is 13.0. The standard InChI is InChI=1S/C27H28BrClF2N4O4/c1-27(2,3)39-26(37)35(11-5-6-15-12-16(30)7-8-21(15)32)24-22(9-10-23(34-24)38-4)33-25(36)17-13-19(29)20(31)14-18(17)28/h7-10,12-14H,5-6,11,32H2,1-4H3,(H,33,36). The SMILES string of the molecule is COc1ccc(NC(=O)c2cc(Cl)c(F)cc2Br)c(N(CCCc2cc(F)ccc2N)C(=O)OC(C)(C)C)n1. The molecule has 0 radical (unpaired) electrons. The van der Waals surface area contributed by atoms with Crippen molar-refractivity contribution in [3.63, 3.8) is 0 Å². The van der Waals surface area contributed by atoms with E-state index in [1.54, 1.807) is 20.8 Å². The number of hydrogen-bond acceptors (Lipinski definition) is 6. The molecule has 2 aromatic carbocycles. The second-order valence-corrected chi connectivity index (χ2v) is 10.8. The summed E-state index contributed by atoms with van der Waals surface area (Å²) in [5.41, 5.74) is 6.38. The topological polar surface area (TPSA) is 107 Å². The van der Waals surface area contributed by atoms with Gasteiger partial charge in [0.1, 0.15) is 17.2 Å². The van der Waals surface area contributed by atoms with Crippen LogP contribution in [0.2, 0.25) is 5.02 Å². The van der Waals surface area contributed by atoms with Gasteiger partial charge in [-0.15, -0.1) is 0 Å². The van der Waals surface area contributed by atoms with Gasteiger partial charge in [-0.1, -0.05) is 11.6 Å². The average Bonchev–Trinajstić information content (AvgIpc) is 2.85. The lowest BCUT2D eigenvalue weighted by Gasteiger charge is -2.28. The monoisotopic (exact) mass is 624 g/mol. The second kappa shape index (κ2) is 12.6. The molecule has 1 heterocycles. The van der Waals surface area contributed by atoms with Crippen molar-refractivity contribution in [2.24, 2.45) is 0 Å².